The number of Topliss-reactive ketones (excluding diaryl/α,β-unsaturated/α-hetero) is 1. The van der Waals surface area contributed by atoms with E-state index in [0.29, 0.717) is 35.8 Å². The van der Waals surface area contributed by atoms with Crippen LogP contribution in [0.25, 0.3) is 5.76 Å². The van der Waals surface area contributed by atoms with Gasteiger partial charge in [0.1, 0.15) is 24.7 Å². The SMILES string of the molecule is O=C1C(=O)N(Cc2cccnc2)[C@H](c2cccc(O)c2)C1=C(O)c1ccc2c(c1)OCCO2. The lowest BCUT2D eigenvalue weighted by Crippen LogP contribution is -2.29. The Bertz CT molecular complexity index is 1270. The second kappa shape index (κ2) is 8.31. The number of phenolic OH excluding ortho intramolecular Hbond substituents is 1. The van der Waals surface area contributed by atoms with Crippen molar-refractivity contribution in [2.24, 2.45) is 0 Å². The molecule has 2 aliphatic rings. The Morgan fingerprint density at radius 2 is 1.85 bits per heavy atom. The third-order valence-electron chi connectivity index (χ3n) is 5.62. The Morgan fingerprint density at radius 3 is 2.61 bits per heavy atom. The van der Waals surface area contributed by atoms with Crippen molar-refractivity contribution in [3.63, 3.8) is 0 Å². The monoisotopic (exact) mass is 444 g/mol. The smallest absolute Gasteiger partial charge is 0.295 e. The summed E-state index contributed by atoms with van der Waals surface area (Å²) >= 11 is 0. The fourth-order valence-corrected chi connectivity index (χ4v) is 4.12. The minimum atomic E-state index is -0.898. The highest BCUT2D eigenvalue weighted by Gasteiger charge is 2.46. The van der Waals surface area contributed by atoms with Gasteiger partial charge in [-0.1, -0.05) is 18.2 Å². The number of fused-ring (bicyclic) bond motifs is 1. The first-order valence-corrected chi connectivity index (χ1v) is 10.4. The van der Waals surface area contributed by atoms with E-state index in [1.54, 1.807) is 54.9 Å². The van der Waals surface area contributed by atoms with E-state index in [4.69, 9.17) is 9.47 Å². The second-order valence-corrected chi connectivity index (χ2v) is 7.74. The van der Waals surface area contributed by atoms with Crippen molar-refractivity contribution in [2.45, 2.75) is 12.6 Å². The summed E-state index contributed by atoms with van der Waals surface area (Å²) in [7, 11) is 0. The van der Waals surface area contributed by atoms with Gasteiger partial charge in [-0.2, -0.15) is 0 Å². The molecule has 33 heavy (non-hydrogen) atoms. The number of ketones is 1. The van der Waals surface area contributed by atoms with E-state index in [0.717, 1.165) is 5.56 Å². The van der Waals surface area contributed by atoms with Gasteiger partial charge in [-0.3, -0.25) is 14.6 Å². The fourth-order valence-electron chi connectivity index (χ4n) is 4.12. The summed E-state index contributed by atoms with van der Waals surface area (Å²) < 4.78 is 11.1. The van der Waals surface area contributed by atoms with E-state index in [9.17, 15) is 19.8 Å². The number of benzene rings is 2. The van der Waals surface area contributed by atoms with Crippen LogP contribution in [0.1, 0.15) is 22.7 Å². The molecule has 3 heterocycles. The van der Waals surface area contributed by atoms with E-state index in [-0.39, 0.29) is 23.6 Å². The molecule has 1 amide bonds. The van der Waals surface area contributed by atoms with Crippen LogP contribution in [0.15, 0.2) is 72.6 Å². The zero-order valence-electron chi connectivity index (χ0n) is 17.5. The summed E-state index contributed by atoms with van der Waals surface area (Å²) in [6.07, 6.45) is 3.23. The summed E-state index contributed by atoms with van der Waals surface area (Å²) in [6, 6.07) is 13.8. The van der Waals surface area contributed by atoms with Crippen LogP contribution in [0.2, 0.25) is 0 Å². The van der Waals surface area contributed by atoms with E-state index in [2.05, 4.69) is 4.98 Å². The molecule has 1 saturated heterocycles. The van der Waals surface area contributed by atoms with Crippen LogP contribution in [0.3, 0.4) is 0 Å². The highest BCUT2D eigenvalue weighted by molar-refractivity contribution is 6.46. The number of pyridine rings is 1. The summed E-state index contributed by atoms with van der Waals surface area (Å²) in [5, 5.41) is 21.3. The van der Waals surface area contributed by atoms with E-state index >= 15 is 0 Å². The normalized spacial score (nSPS) is 19.0. The summed E-state index contributed by atoms with van der Waals surface area (Å²) in [5.41, 5.74) is 1.48. The molecule has 2 N–H and O–H groups in total. The summed E-state index contributed by atoms with van der Waals surface area (Å²) in [4.78, 5) is 31.6. The van der Waals surface area contributed by atoms with Gasteiger partial charge < -0.3 is 24.6 Å². The number of carbonyl (C=O) groups is 2. The number of aromatic nitrogens is 1. The van der Waals surface area contributed by atoms with Gasteiger partial charge in [-0.05, 0) is 47.5 Å². The zero-order valence-corrected chi connectivity index (χ0v) is 17.5. The zero-order chi connectivity index (χ0) is 22.9. The number of hydrogen-bond acceptors (Lipinski definition) is 7. The Labute approximate surface area is 189 Å². The van der Waals surface area contributed by atoms with Crippen LogP contribution in [0, 0.1) is 0 Å². The molecule has 0 saturated carbocycles. The lowest BCUT2D eigenvalue weighted by Gasteiger charge is -2.25. The number of aliphatic hydroxyl groups is 1. The molecule has 8 heteroatoms. The molecule has 166 valence electrons. The van der Waals surface area contributed by atoms with Crippen LogP contribution in [0.5, 0.6) is 17.2 Å². The van der Waals surface area contributed by atoms with Crippen molar-refractivity contribution in [3.05, 3.63) is 89.3 Å². The lowest BCUT2D eigenvalue weighted by molar-refractivity contribution is -0.140. The number of aliphatic hydroxyl groups excluding tert-OH is 1. The van der Waals surface area contributed by atoms with Gasteiger partial charge in [0.2, 0.25) is 0 Å². The van der Waals surface area contributed by atoms with Crippen LogP contribution < -0.4 is 9.47 Å². The molecule has 0 radical (unpaired) electrons. The molecule has 0 unspecified atom stereocenters. The number of phenols is 1. The maximum absolute atomic E-state index is 13.1. The third-order valence-corrected chi connectivity index (χ3v) is 5.62. The standard InChI is InChI=1S/C25H20N2O6/c28-18-5-1-4-16(11-18)22-21(23(29)17-6-7-19-20(12-17)33-10-9-32-19)24(30)25(31)27(22)14-15-3-2-8-26-13-15/h1-8,11-13,22,28-29H,9-10,14H2/t22-/m1/s1. The van der Waals surface area contributed by atoms with Gasteiger partial charge in [-0.25, -0.2) is 0 Å². The summed E-state index contributed by atoms with van der Waals surface area (Å²) in [6.45, 7) is 0.905. The quantitative estimate of drug-likeness (QED) is 0.361. The van der Waals surface area contributed by atoms with Gasteiger partial charge in [0.15, 0.2) is 11.5 Å². The van der Waals surface area contributed by atoms with Crippen LogP contribution in [0.4, 0.5) is 0 Å². The van der Waals surface area contributed by atoms with Gasteiger partial charge in [-0.15, -0.1) is 0 Å². The first kappa shape index (κ1) is 20.6. The van der Waals surface area contributed by atoms with Gasteiger partial charge in [0.05, 0.1) is 11.6 Å². The molecule has 5 rings (SSSR count). The Morgan fingerprint density at radius 1 is 1.03 bits per heavy atom. The topological polar surface area (TPSA) is 109 Å². The number of hydrogen-bond donors (Lipinski definition) is 2. The molecule has 0 spiro atoms. The Balaban J connectivity index is 1.64. The Kier molecular flexibility index (Phi) is 5.18. The molecule has 1 fully saturated rings. The number of amides is 1. The van der Waals surface area contributed by atoms with Gasteiger partial charge in [0, 0.05) is 24.5 Å². The molecule has 1 atom stereocenters. The number of ether oxygens (including phenoxy) is 2. The molecule has 3 aromatic rings. The molecule has 0 bridgehead atoms. The number of aromatic hydroxyl groups is 1. The predicted molar refractivity (Wildman–Crippen MR) is 118 cm³/mol. The van der Waals surface area contributed by atoms with Crippen molar-refractivity contribution < 1.29 is 29.3 Å². The van der Waals surface area contributed by atoms with E-state index in [1.807, 2.05) is 0 Å². The molecule has 2 aromatic carbocycles. The first-order valence-electron chi connectivity index (χ1n) is 10.4. The third kappa shape index (κ3) is 3.76. The highest BCUT2D eigenvalue weighted by atomic mass is 16.6. The van der Waals surface area contributed by atoms with Crippen LogP contribution >= 0.6 is 0 Å². The van der Waals surface area contributed by atoms with Crippen molar-refractivity contribution >= 4 is 17.4 Å². The fraction of sp³-hybridized carbons (Fsp3) is 0.160. The second-order valence-electron chi connectivity index (χ2n) is 7.74. The average Bonchev–Trinajstić information content (AvgIpc) is 3.09. The predicted octanol–water partition coefficient (Wildman–Crippen LogP) is 3.18. The minimum Gasteiger partial charge on any atom is -0.508 e. The number of rotatable bonds is 4. The van der Waals surface area contributed by atoms with Crippen molar-refractivity contribution in [2.75, 3.05) is 13.2 Å². The Hall–Kier alpha value is -4.33. The largest absolute Gasteiger partial charge is 0.508 e. The molecule has 8 nitrogen and oxygen atoms in total. The van der Waals surface area contributed by atoms with E-state index in [1.165, 1.54) is 17.0 Å². The van der Waals surface area contributed by atoms with Gasteiger partial charge in [0.25, 0.3) is 11.7 Å². The molecular formula is C25H20N2O6. The van der Waals surface area contributed by atoms with Crippen molar-refractivity contribution in [1.82, 2.24) is 9.88 Å². The van der Waals surface area contributed by atoms with Crippen molar-refractivity contribution in [1.29, 1.82) is 0 Å². The van der Waals surface area contributed by atoms with Crippen molar-refractivity contribution in [3.8, 4) is 17.2 Å². The summed E-state index contributed by atoms with van der Waals surface area (Å²) in [5.74, 6) is -0.903. The number of carbonyl (C=O) groups excluding carboxylic acids is 2. The van der Waals surface area contributed by atoms with Crippen LogP contribution in [-0.2, 0) is 16.1 Å². The number of nitrogens with zero attached hydrogens (tertiary/aromatic N) is 2. The number of likely N-dealkylation sites (tertiary alicyclic amines) is 1. The van der Waals surface area contributed by atoms with Crippen LogP contribution in [-0.4, -0.2) is 45.0 Å². The molecule has 2 aliphatic heterocycles. The molecule has 1 aromatic heterocycles. The van der Waals surface area contributed by atoms with E-state index < -0.39 is 17.7 Å². The molecule has 0 aliphatic carbocycles. The first-order chi connectivity index (χ1) is 16.0. The maximum Gasteiger partial charge on any atom is 0.295 e. The minimum absolute atomic E-state index is 0.0150. The highest BCUT2D eigenvalue weighted by Crippen LogP contribution is 2.42. The molecular weight excluding hydrogens is 424 g/mol. The maximum atomic E-state index is 13.1. The lowest BCUT2D eigenvalue weighted by atomic mass is 9.95. The van der Waals surface area contributed by atoms with Gasteiger partial charge >= 0.3 is 0 Å². The average molecular weight is 444 g/mol.